The Balaban J connectivity index is 0.000000616. The smallest absolute Gasteiger partial charge is 0.231 e. The van der Waals surface area contributed by atoms with Crippen molar-refractivity contribution in [3.63, 3.8) is 0 Å². The van der Waals surface area contributed by atoms with E-state index in [1.165, 1.54) is 32.1 Å². The molecule has 0 atom stereocenters. The van der Waals surface area contributed by atoms with E-state index in [4.69, 9.17) is 14.1 Å². The number of nitrogens with zero attached hydrogens (tertiary/aromatic N) is 3. The van der Waals surface area contributed by atoms with E-state index in [2.05, 4.69) is 59.5 Å². The molecule has 2 aromatic heterocycles. The van der Waals surface area contributed by atoms with Crippen molar-refractivity contribution < 1.29 is 13.9 Å². The van der Waals surface area contributed by atoms with Crippen LogP contribution >= 0.6 is 0 Å². The lowest BCUT2D eigenvalue weighted by Gasteiger charge is -2.27. The molecule has 0 aliphatic carbocycles. The van der Waals surface area contributed by atoms with Crippen LogP contribution in [0.1, 0.15) is 95.2 Å². The number of Topliss-reactive ketones (excluding diaryl/α,β-unsaturated/α-hetero) is 1. The summed E-state index contributed by atoms with van der Waals surface area (Å²) >= 11 is 0. The van der Waals surface area contributed by atoms with Gasteiger partial charge in [-0.1, -0.05) is 96.2 Å². The highest BCUT2D eigenvalue weighted by atomic mass is 16.5. The van der Waals surface area contributed by atoms with Crippen LogP contribution in [0.2, 0.25) is 0 Å². The minimum absolute atomic E-state index is 0.0269. The Hall–Kier alpha value is -3.65. The highest BCUT2D eigenvalue weighted by Crippen LogP contribution is 2.30. The summed E-state index contributed by atoms with van der Waals surface area (Å²) in [6.07, 6.45) is 13.3. The number of carbonyl (C=O) groups excluding carboxylic acids is 1. The lowest BCUT2D eigenvalue weighted by Crippen LogP contribution is -2.37. The number of benzene rings is 1. The van der Waals surface area contributed by atoms with Crippen molar-refractivity contribution in [3.8, 4) is 0 Å². The average Bonchev–Trinajstić information content (AvgIpc) is 3.46. The maximum Gasteiger partial charge on any atom is 0.231 e. The van der Waals surface area contributed by atoms with Gasteiger partial charge < -0.3 is 24.7 Å². The maximum atomic E-state index is 12.5. The summed E-state index contributed by atoms with van der Waals surface area (Å²) in [5.41, 5.74) is 3.35. The Morgan fingerprint density at radius 3 is 2.31 bits per heavy atom. The molecule has 8 heteroatoms. The molecule has 0 unspecified atom stereocenters. The van der Waals surface area contributed by atoms with Gasteiger partial charge in [0.15, 0.2) is 22.9 Å². The van der Waals surface area contributed by atoms with Gasteiger partial charge >= 0.3 is 0 Å². The largest absolute Gasteiger partial charge is 0.447 e. The van der Waals surface area contributed by atoms with Gasteiger partial charge in [0.2, 0.25) is 5.95 Å². The van der Waals surface area contributed by atoms with E-state index in [0.717, 1.165) is 29.8 Å². The third kappa shape index (κ3) is 9.72. The van der Waals surface area contributed by atoms with Crippen molar-refractivity contribution in [1.29, 1.82) is 0 Å². The zero-order chi connectivity index (χ0) is 30.2. The Morgan fingerprint density at radius 1 is 0.976 bits per heavy atom. The molecule has 3 aromatic rings. The van der Waals surface area contributed by atoms with Crippen LogP contribution in [0.3, 0.4) is 0 Å². The van der Waals surface area contributed by atoms with Crippen LogP contribution in [0.15, 0.2) is 58.8 Å². The Bertz CT molecular complexity index is 1290. The zero-order valence-corrected chi connectivity index (χ0v) is 26.2. The molecule has 42 heavy (non-hydrogen) atoms. The minimum atomic E-state index is -0.0269. The fourth-order valence-electron chi connectivity index (χ4n) is 4.68. The molecule has 2 N–H and O–H groups in total. The molecular formula is C34H49N5O3. The van der Waals surface area contributed by atoms with Crippen molar-refractivity contribution in [1.82, 2.24) is 15.3 Å². The predicted octanol–water partition coefficient (Wildman–Crippen LogP) is 7.99. The predicted molar refractivity (Wildman–Crippen MR) is 174 cm³/mol. The number of ether oxygens (including phenoxy) is 1. The normalized spacial score (nSPS) is 14.0. The average molecular weight is 576 g/mol. The molecule has 4 rings (SSSR count). The van der Waals surface area contributed by atoms with E-state index in [-0.39, 0.29) is 5.78 Å². The molecule has 1 fully saturated rings. The number of anilines is 2. The highest BCUT2D eigenvalue weighted by molar-refractivity contribution is 5.98. The highest BCUT2D eigenvalue weighted by Gasteiger charge is 2.23. The maximum absolute atomic E-state index is 12.5. The van der Waals surface area contributed by atoms with E-state index in [1.807, 2.05) is 38.2 Å². The topological polar surface area (TPSA) is 92.5 Å². The molecule has 0 amide bonds. The second kappa shape index (κ2) is 18.0. The number of furan rings is 1. The van der Waals surface area contributed by atoms with Crippen LogP contribution in [-0.4, -0.2) is 49.1 Å². The first-order chi connectivity index (χ1) is 20.5. The molecule has 3 heterocycles. The molecule has 1 aliphatic rings. The van der Waals surface area contributed by atoms with E-state index in [9.17, 15) is 4.79 Å². The van der Waals surface area contributed by atoms with Crippen LogP contribution in [0.25, 0.3) is 16.7 Å². The van der Waals surface area contributed by atoms with Gasteiger partial charge in [-0.15, -0.1) is 0 Å². The number of morpholine rings is 1. The third-order valence-corrected chi connectivity index (χ3v) is 6.97. The van der Waals surface area contributed by atoms with Crippen molar-refractivity contribution in [2.75, 3.05) is 43.6 Å². The van der Waals surface area contributed by atoms with Gasteiger partial charge in [-0.2, -0.15) is 4.98 Å². The monoisotopic (exact) mass is 575 g/mol. The number of ketones is 1. The first-order valence-electron chi connectivity index (χ1n) is 15.6. The molecular weight excluding hydrogens is 526 g/mol. The Kier molecular flexibility index (Phi) is 14.1. The van der Waals surface area contributed by atoms with E-state index < -0.39 is 0 Å². The number of rotatable bonds is 14. The quantitative estimate of drug-likeness (QED) is 0.114. The number of carbonyl (C=O) groups is 1. The third-order valence-electron chi connectivity index (χ3n) is 6.97. The lowest BCUT2D eigenvalue weighted by atomic mass is 10.0. The summed E-state index contributed by atoms with van der Waals surface area (Å²) in [4.78, 5) is 24.1. The molecule has 1 aliphatic heterocycles. The van der Waals surface area contributed by atoms with Crippen molar-refractivity contribution >= 4 is 34.2 Å². The number of unbranched alkanes of at least 4 members (excludes halogenated alkanes) is 4. The molecule has 0 radical (unpaired) electrons. The van der Waals surface area contributed by atoms with Crippen molar-refractivity contribution in [2.45, 2.75) is 79.1 Å². The molecule has 0 bridgehead atoms. The van der Waals surface area contributed by atoms with Crippen LogP contribution in [0, 0.1) is 0 Å². The molecule has 1 aromatic carbocycles. The van der Waals surface area contributed by atoms with Gasteiger partial charge in [0, 0.05) is 32.6 Å². The number of aromatic nitrogens is 2. The first kappa shape index (κ1) is 32.9. The summed E-state index contributed by atoms with van der Waals surface area (Å²) in [5.74, 6) is 2.15. The van der Waals surface area contributed by atoms with E-state index in [0.29, 0.717) is 61.4 Å². The number of hydrogen-bond acceptors (Lipinski definition) is 8. The SMILES string of the molecule is CC/C=C(\C=C(/NC)Nc1nc(N2CCOCC2)c2oc(C(=O)CCC)cc2n1)c1ccccc1.CCCCCCC. The van der Waals surface area contributed by atoms with Crippen molar-refractivity contribution in [3.05, 3.63) is 65.7 Å². The second-order valence-corrected chi connectivity index (χ2v) is 10.4. The number of nitrogens with one attached hydrogen (secondary N) is 2. The van der Waals surface area contributed by atoms with Crippen LogP contribution in [0.5, 0.6) is 0 Å². The molecule has 1 saturated heterocycles. The minimum Gasteiger partial charge on any atom is -0.447 e. The number of allylic oxidation sites excluding steroid dienone is 3. The fraction of sp³-hybridized carbons (Fsp3) is 0.500. The summed E-state index contributed by atoms with van der Waals surface area (Å²) < 4.78 is 11.5. The van der Waals surface area contributed by atoms with Crippen LogP contribution < -0.4 is 15.5 Å². The van der Waals surface area contributed by atoms with Crippen LogP contribution in [0.4, 0.5) is 11.8 Å². The summed E-state index contributed by atoms with van der Waals surface area (Å²) in [6.45, 7) is 11.2. The standard InChI is InChI=1S/C27H33N5O3.C7H16/c1-4-9-20(19-11-7-6-8-12-19)17-24(28-3)30-27-29-21-18-23(22(33)10-5-2)35-25(21)26(31-27)32-13-15-34-16-14-32;1-3-5-7-6-4-2/h6-9,11-12,17-18,28H,4-5,10,13-16H2,1-3H3,(H,29,30,31);3-7H2,1-2H3/b20-9+,24-17+;. The summed E-state index contributed by atoms with van der Waals surface area (Å²) in [7, 11) is 1.86. The lowest BCUT2D eigenvalue weighted by molar-refractivity contribution is 0.0957. The molecule has 8 nitrogen and oxygen atoms in total. The summed E-state index contributed by atoms with van der Waals surface area (Å²) in [6, 6.07) is 12.0. The second-order valence-electron chi connectivity index (χ2n) is 10.4. The molecule has 0 saturated carbocycles. The van der Waals surface area contributed by atoms with Gasteiger partial charge in [-0.05, 0) is 30.1 Å². The summed E-state index contributed by atoms with van der Waals surface area (Å²) in [5, 5.41) is 6.54. The van der Waals surface area contributed by atoms with Crippen LogP contribution in [-0.2, 0) is 4.74 Å². The van der Waals surface area contributed by atoms with Gasteiger partial charge in [-0.3, -0.25) is 4.79 Å². The van der Waals surface area contributed by atoms with Crippen molar-refractivity contribution in [2.24, 2.45) is 0 Å². The zero-order valence-electron chi connectivity index (χ0n) is 26.2. The Morgan fingerprint density at radius 2 is 1.69 bits per heavy atom. The van der Waals surface area contributed by atoms with Gasteiger partial charge in [0.1, 0.15) is 11.3 Å². The van der Waals surface area contributed by atoms with E-state index >= 15 is 0 Å². The van der Waals surface area contributed by atoms with E-state index in [1.54, 1.807) is 6.07 Å². The number of hydrogen-bond donors (Lipinski definition) is 2. The molecule has 228 valence electrons. The first-order valence-corrected chi connectivity index (χ1v) is 15.6. The number of fused-ring (bicyclic) bond motifs is 1. The fourth-order valence-corrected chi connectivity index (χ4v) is 4.68. The van der Waals surface area contributed by atoms with Gasteiger partial charge in [-0.25, -0.2) is 4.98 Å². The van der Waals surface area contributed by atoms with Gasteiger partial charge in [0.05, 0.1) is 13.2 Å². The van der Waals surface area contributed by atoms with Gasteiger partial charge in [0.25, 0.3) is 0 Å². The Labute approximate surface area is 251 Å². The molecule has 0 spiro atoms.